The van der Waals surface area contributed by atoms with Gasteiger partial charge in [0, 0.05) is 4.43 Å². The van der Waals surface area contributed by atoms with Gasteiger partial charge in [-0.05, 0) is 114 Å². The van der Waals surface area contributed by atoms with Gasteiger partial charge >= 0.3 is 0 Å². The Kier molecular flexibility index (Phi) is 5.46. The van der Waals surface area contributed by atoms with Crippen molar-refractivity contribution in [2.75, 3.05) is 4.43 Å². The summed E-state index contributed by atoms with van der Waals surface area (Å²) in [5, 5.41) is 10.9. The van der Waals surface area contributed by atoms with Gasteiger partial charge in [0.1, 0.15) is 0 Å². The first-order chi connectivity index (χ1) is 14.8. The summed E-state index contributed by atoms with van der Waals surface area (Å²) in [6.45, 7) is 17.9. The Morgan fingerprint density at radius 1 is 0.875 bits per heavy atom. The third-order valence-electron chi connectivity index (χ3n) is 13.1. The van der Waals surface area contributed by atoms with Crippen LogP contribution in [0.1, 0.15) is 113 Å². The SMILES string of the molecule is CC1(C)CC[C@]2(CI)CC[C@]3(C)C(=CC[C@@H]4[C@@]5(C)CC[C@H](O)C(C)(C)[C@@H]5CC[C@]43C)[C@@H]2C1. The normalized spacial score (nSPS) is 53.8. The molecule has 1 N–H and O–H groups in total. The van der Waals surface area contributed by atoms with Gasteiger partial charge in [0.05, 0.1) is 6.10 Å². The van der Waals surface area contributed by atoms with E-state index in [0.717, 1.165) is 18.3 Å². The van der Waals surface area contributed by atoms with Crippen molar-refractivity contribution in [3.05, 3.63) is 11.6 Å². The molecule has 4 saturated carbocycles. The molecule has 0 radical (unpaired) electrons. The van der Waals surface area contributed by atoms with Crippen LogP contribution >= 0.6 is 22.6 Å². The monoisotopic (exact) mass is 552 g/mol. The van der Waals surface area contributed by atoms with Crippen LogP contribution in [0.25, 0.3) is 0 Å². The second-order valence-electron chi connectivity index (χ2n) is 15.1. The zero-order valence-corrected chi connectivity index (χ0v) is 24.1. The highest BCUT2D eigenvalue weighted by Crippen LogP contribution is 2.75. The Balaban J connectivity index is 1.58. The van der Waals surface area contributed by atoms with Gasteiger partial charge in [-0.1, -0.05) is 82.7 Å². The maximum Gasteiger partial charge on any atom is 0.0594 e. The van der Waals surface area contributed by atoms with E-state index in [1.165, 1.54) is 62.2 Å². The fraction of sp³-hybridized carbons (Fsp3) is 0.933. The summed E-state index contributed by atoms with van der Waals surface area (Å²) in [5.41, 5.74) is 4.12. The largest absolute Gasteiger partial charge is 0.393 e. The second-order valence-corrected chi connectivity index (χ2v) is 15.8. The topological polar surface area (TPSA) is 20.2 Å². The number of halogens is 1. The standard InChI is InChI=1S/C30H49IO/c1-25(2)14-16-30(19-31)17-15-28(6)20(21(30)18-25)8-9-23-27(5)12-11-24(32)26(3,4)22(27)10-13-29(23,28)7/h8,21-24,32H,9-19H2,1-7H3/t21-,22-,23+,24-,27-,28+,29+,30+/m0/s1. The van der Waals surface area contributed by atoms with Crippen molar-refractivity contribution >= 4 is 22.6 Å². The number of hydrogen-bond donors (Lipinski definition) is 1. The third kappa shape index (κ3) is 2.96. The van der Waals surface area contributed by atoms with Gasteiger partial charge in [-0.2, -0.15) is 0 Å². The van der Waals surface area contributed by atoms with Gasteiger partial charge in [-0.25, -0.2) is 0 Å². The first-order valence-corrected chi connectivity index (χ1v) is 15.2. The molecule has 0 amide bonds. The highest BCUT2D eigenvalue weighted by molar-refractivity contribution is 14.1. The van der Waals surface area contributed by atoms with Crippen LogP contribution in [0.4, 0.5) is 0 Å². The fourth-order valence-corrected chi connectivity index (χ4v) is 11.9. The minimum atomic E-state index is -0.126. The van der Waals surface area contributed by atoms with Crippen LogP contribution in [0.3, 0.4) is 0 Å². The van der Waals surface area contributed by atoms with E-state index >= 15 is 0 Å². The fourth-order valence-electron chi connectivity index (χ4n) is 10.6. The van der Waals surface area contributed by atoms with Crippen molar-refractivity contribution in [2.45, 2.75) is 119 Å². The second kappa shape index (κ2) is 7.23. The lowest BCUT2D eigenvalue weighted by atomic mass is 9.33. The van der Waals surface area contributed by atoms with E-state index in [1.54, 1.807) is 0 Å². The summed E-state index contributed by atoms with van der Waals surface area (Å²) >= 11 is 2.73. The summed E-state index contributed by atoms with van der Waals surface area (Å²) in [6.07, 6.45) is 15.9. The lowest BCUT2D eigenvalue weighted by Crippen LogP contribution is -2.64. The summed E-state index contributed by atoms with van der Waals surface area (Å²) in [7, 11) is 0. The van der Waals surface area contributed by atoms with Gasteiger partial charge in [-0.3, -0.25) is 0 Å². The average molecular weight is 553 g/mol. The molecule has 1 nitrogen and oxygen atoms in total. The number of allylic oxidation sites excluding steroid dienone is 2. The number of aliphatic hydroxyl groups excluding tert-OH is 1. The molecule has 2 heteroatoms. The van der Waals surface area contributed by atoms with Gasteiger partial charge in [0.25, 0.3) is 0 Å². The number of hydrogen-bond acceptors (Lipinski definition) is 1. The van der Waals surface area contributed by atoms with Crippen molar-refractivity contribution in [3.63, 3.8) is 0 Å². The molecule has 5 rings (SSSR count). The van der Waals surface area contributed by atoms with Gasteiger partial charge in [0.2, 0.25) is 0 Å². The summed E-state index contributed by atoms with van der Waals surface area (Å²) < 4.78 is 1.34. The predicted octanol–water partition coefficient (Wildman–Crippen LogP) is 8.58. The maximum atomic E-state index is 10.9. The first-order valence-electron chi connectivity index (χ1n) is 13.7. The number of fused-ring (bicyclic) bond motifs is 7. The van der Waals surface area contributed by atoms with Crippen molar-refractivity contribution in [3.8, 4) is 0 Å². The van der Waals surface area contributed by atoms with E-state index in [9.17, 15) is 5.11 Å². The van der Waals surface area contributed by atoms with Gasteiger partial charge < -0.3 is 5.11 Å². The van der Waals surface area contributed by atoms with E-state index < -0.39 is 0 Å². The van der Waals surface area contributed by atoms with Crippen molar-refractivity contribution in [2.24, 2.45) is 50.2 Å². The van der Waals surface area contributed by atoms with E-state index in [1.807, 2.05) is 5.57 Å². The van der Waals surface area contributed by atoms with Crippen LogP contribution < -0.4 is 0 Å². The van der Waals surface area contributed by atoms with Gasteiger partial charge in [-0.15, -0.1) is 0 Å². The van der Waals surface area contributed by atoms with Crippen LogP contribution in [0.5, 0.6) is 0 Å². The summed E-state index contributed by atoms with van der Waals surface area (Å²) in [5.74, 6) is 2.22. The lowest BCUT2D eigenvalue weighted by Gasteiger charge is -2.71. The molecular weight excluding hydrogens is 503 g/mol. The molecule has 5 aliphatic carbocycles. The van der Waals surface area contributed by atoms with Crippen LogP contribution in [0.15, 0.2) is 11.6 Å². The van der Waals surface area contributed by atoms with E-state index in [2.05, 4.69) is 77.1 Å². The van der Waals surface area contributed by atoms with Crippen LogP contribution in [-0.2, 0) is 0 Å². The number of alkyl halides is 1. The first kappa shape index (κ1) is 24.1. The zero-order chi connectivity index (χ0) is 23.4. The van der Waals surface area contributed by atoms with E-state index in [4.69, 9.17) is 0 Å². The smallest absolute Gasteiger partial charge is 0.0594 e. The number of rotatable bonds is 1. The Morgan fingerprint density at radius 3 is 2.25 bits per heavy atom. The molecule has 0 unspecified atom stereocenters. The quantitative estimate of drug-likeness (QED) is 0.196. The molecule has 0 aromatic rings. The molecule has 0 spiro atoms. The highest BCUT2D eigenvalue weighted by atomic mass is 127. The Hall–Kier alpha value is 0.430. The highest BCUT2D eigenvalue weighted by Gasteiger charge is 2.68. The number of aliphatic hydroxyl groups is 1. The van der Waals surface area contributed by atoms with Crippen molar-refractivity contribution in [1.29, 1.82) is 0 Å². The van der Waals surface area contributed by atoms with Gasteiger partial charge in [0.15, 0.2) is 0 Å². The van der Waals surface area contributed by atoms with Crippen LogP contribution in [-0.4, -0.2) is 15.6 Å². The molecule has 32 heavy (non-hydrogen) atoms. The minimum absolute atomic E-state index is 0.0511. The van der Waals surface area contributed by atoms with E-state index in [0.29, 0.717) is 33.0 Å². The van der Waals surface area contributed by atoms with Crippen LogP contribution in [0.2, 0.25) is 0 Å². The molecule has 4 fully saturated rings. The molecule has 0 aromatic heterocycles. The lowest BCUT2D eigenvalue weighted by molar-refractivity contribution is -0.202. The van der Waals surface area contributed by atoms with Crippen LogP contribution in [0, 0.1) is 50.2 Å². The molecule has 8 atom stereocenters. The average Bonchev–Trinajstić information content (AvgIpc) is 2.71. The molecular formula is C30H49IO. The summed E-state index contributed by atoms with van der Waals surface area (Å²) in [6, 6.07) is 0. The minimum Gasteiger partial charge on any atom is -0.393 e. The Bertz CT molecular complexity index is 812. The molecule has 0 heterocycles. The molecule has 0 aromatic carbocycles. The third-order valence-corrected chi connectivity index (χ3v) is 14.6. The Morgan fingerprint density at radius 2 is 1.56 bits per heavy atom. The maximum absolute atomic E-state index is 10.9. The molecule has 5 aliphatic rings. The predicted molar refractivity (Wildman–Crippen MR) is 144 cm³/mol. The molecule has 0 bridgehead atoms. The van der Waals surface area contributed by atoms with E-state index in [-0.39, 0.29) is 11.5 Å². The van der Waals surface area contributed by atoms with Crippen molar-refractivity contribution in [1.82, 2.24) is 0 Å². The molecule has 182 valence electrons. The Labute approximate surface area is 212 Å². The summed E-state index contributed by atoms with van der Waals surface area (Å²) in [4.78, 5) is 0. The van der Waals surface area contributed by atoms with Crippen molar-refractivity contribution < 1.29 is 5.11 Å². The molecule has 0 saturated heterocycles. The zero-order valence-electron chi connectivity index (χ0n) is 22.0. The molecule has 0 aliphatic heterocycles.